The molecule has 0 spiro atoms. The lowest BCUT2D eigenvalue weighted by Crippen LogP contribution is -2.52. The van der Waals surface area contributed by atoms with Gasteiger partial charge in [-0.25, -0.2) is 0 Å². The van der Waals surface area contributed by atoms with Crippen molar-refractivity contribution in [1.82, 2.24) is 4.90 Å². The van der Waals surface area contributed by atoms with Crippen LogP contribution in [0.2, 0.25) is 0 Å². The predicted octanol–water partition coefficient (Wildman–Crippen LogP) is 2.33. The van der Waals surface area contributed by atoms with Crippen LogP contribution in [-0.2, 0) is 9.53 Å². The Labute approximate surface area is 131 Å². The van der Waals surface area contributed by atoms with Gasteiger partial charge in [-0.2, -0.15) is 5.26 Å². The lowest BCUT2D eigenvalue weighted by Gasteiger charge is -2.33. The van der Waals surface area contributed by atoms with Crippen LogP contribution in [-0.4, -0.2) is 42.7 Å². The molecule has 1 amide bonds. The van der Waals surface area contributed by atoms with E-state index in [4.69, 9.17) is 14.7 Å². The Morgan fingerprint density at radius 3 is 2.91 bits per heavy atom. The zero-order valence-corrected chi connectivity index (χ0v) is 13.3. The molecule has 1 aliphatic rings. The fraction of sp³-hybridized carbons (Fsp3) is 0.529. The molecule has 1 aromatic rings. The lowest BCUT2D eigenvalue weighted by molar-refractivity contribution is -0.144. The van der Waals surface area contributed by atoms with Crippen molar-refractivity contribution in [1.29, 1.82) is 5.26 Å². The number of carbonyl (C=O) groups is 1. The fourth-order valence-electron chi connectivity index (χ4n) is 2.41. The maximum Gasteiger partial charge on any atom is 0.264 e. The summed E-state index contributed by atoms with van der Waals surface area (Å²) in [6, 6.07) is 9.33. The van der Waals surface area contributed by atoms with Crippen LogP contribution in [0.3, 0.4) is 0 Å². The zero-order chi connectivity index (χ0) is 16.1. The zero-order valence-electron chi connectivity index (χ0n) is 13.3. The number of nitrogens with zero attached hydrogens (tertiary/aromatic N) is 2. The highest BCUT2D eigenvalue weighted by Gasteiger charge is 2.31. The minimum atomic E-state index is -0.628. The molecule has 0 saturated carbocycles. The number of morpholine rings is 1. The van der Waals surface area contributed by atoms with E-state index < -0.39 is 12.1 Å². The van der Waals surface area contributed by atoms with Gasteiger partial charge in [0.25, 0.3) is 5.91 Å². The number of ether oxygens (including phenoxy) is 2. The second-order valence-electron chi connectivity index (χ2n) is 5.74. The number of carbonyl (C=O) groups excluding carboxylic acids is 1. The Hall–Kier alpha value is -2.06. The molecule has 0 aromatic heterocycles. The Morgan fingerprint density at radius 2 is 2.23 bits per heavy atom. The van der Waals surface area contributed by atoms with E-state index in [1.54, 1.807) is 11.8 Å². The number of benzene rings is 1. The van der Waals surface area contributed by atoms with Crippen LogP contribution in [0.1, 0.15) is 32.3 Å². The summed E-state index contributed by atoms with van der Waals surface area (Å²) in [7, 11) is 0. The van der Waals surface area contributed by atoms with E-state index in [0.717, 1.165) is 0 Å². The number of hydrogen-bond acceptors (Lipinski definition) is 4. The van der Waals surface area contributed by atoms with Crippen molar-refractivity contribution < 1.29 is 14.3 Å². The summed E-state index contributed by atoms with van der Waals surface area (Å²) in [5, 5.41) is 9.11. The summed E-state index contributed by atoms with van der Waals surface area (Å²) in [6.45, 7) is 7.08. The first kappa shape index (κ1) is 16.3. The number of nitriles is 1. The van der Waals surface area contributed by atoms with Gasteiger partial charge in [-0.3, -0.25) is 4.79 Å². The highest BCUT2D eigenvalue weighted by atomic mass is 16.5. The van der Waals surface area contributed by atoms with E-state index in [1.807, 2.05) is 24.3 Å². The second-order valence-corrected chi connectivity index (χ2v) is 5.74. The van der Waals surface area contributed by atoms with Crippen molar-refractivity contribution in [2.75, 3.05) is 19.8 Å². The Kier molecular flexibility index (Phi) is 5.40. The summed E-state index contributed by atoms with van der Waals surface area (Å²) in [6.07, 6.45) is -0.628. The Balaban J connectivity index is 2.05. The van der Waals surface area contributed by atoms with Gasteiger partial charge in [0.1, 0.15) is 11.8 Å². The fourth-order valence-corrected chi connectivity index (χ4v) is 2.41. The third-order valence-corrected chi connectivity index (χ3v) is 3.75. The summed E-state index contributed by atoms with van der Waals surface area (Å²) in [5.41, 5.74) is 1.17. The first-order valence-electron chi connectivity index (χ1n) is 7.57. The molecule has 5 heteroatoms. The summed E-state index contributed by atoms with van der Waals surface area (Å²) in [4.78, 5) is 14.0. The molecule has 118 valence electrons. The molecule has 0 bridgehead atoms. The Bertz CT molecular complexity index is 565. The van der Waals surface area contributed by atoms with E-state index in [-0.39, 0.29) is 12.5 Å². The highest BCUT2D eigenvalue weighted by Crippen LogP contribution is 2.21. The SMILES string of the molecule is CC(Oc1cccc(C(C)C)c1)C(=O)N1CCOCC1C#N. The van der Waals surface area contributed by atoms with Gasteiger partial charge in [0.15, 0.2) is 6.10 Å². The Morgan fingerprint density at radius 1 is 1.45 bits per heavy atom. The molecule has 5 nitrogen and oxygen atoms in total. The van der Waals surface area contributed by atoms with Gasteiger partial charge in [0, 0.05) is 6.54 Å². The number of rotatable bonds is 4. The average molecular weight is 302 g/mol. The molecule has 2 unspecified atom stereocenters. The molecule has 1 fully saturated rings. The van der Waals surface area contributed by atoms with Crippen molar-refractivity contribution in [3.05, 3.63) is 29.8 Å². The molecule has 1 saturated heterocycles. The maximum absolute atomic E-state index is 12.5. The summed E-state index contributed by atoms with van der Waals surface area (Å²) in [5.74, 6) is 0.899. The minimum absolute atomic E-state index is 0.176. The van der Waals surface area contributed by atoms with Crippen LogP contribution < -0.4 is 4.74 Å². The summed E-state index contributed by atoms with van der Waals surface area (Å²) < 4.78 is 11.0. The normalized spacial score (nSPS) is 19.6. The molecule has 0 aliphatic carbocycles. The number of amides is 1. The van der Waals surface area contributed by atoms with Crippen molar-refractivity contribution in [2.24, 2.45) is 0 Å². The van der Waals surface area contributed by atoms with E-state index in [9.17, 15) is 4.79 Å². The third-order valence-electron chi connectivity index (χ3n) is 3.75. The molecule has 0 radical (unpaired) electrons. The molecule has 0 N–H and O–H groups in total. The smallest absolute Gasteiger partial charge is 0.264 e. The van der Waals surface area contributed by atoms with Crippen LogP contribution in [0.4, 0.5) is 0 Å². The topological polar surface area (TPSA) is 62.6 Å². The molecular weight excluding hydrogens is 280 g/mol. The molecule has 22 heavy (non-hydrogen) atoms. The number of hydrogen-bond donors (Lipinski definition) is 0. The maximum atomic E-state index is 12.5. The van der Waals surface area contributed by atoms with Crippen LogP contribution >= 0.6 is 0 Å². The van der Waals surface area contributed by atoms with Gasteiger partial charge in [-0.15, -0.1) is 0 Å². The van der Waals surface area contributed by atoms with E-state index in [2.05, 4.69) is 19.9 Å². The van der Waals surface area contributed by atoms with Gasteiger partial charge in [-0.05, 0) is 30.5 Å². The second kappa shape index (κ2) is 7.28. The van der Waals surface area contributed by atoms with Crippen molar-refractivity contribution in [3.63, 3.8) is 0 Å². The largest absolute Gasteiger partial charge is 0.481 e. The van der Waals surface area contributed by atoms with Gasteiger partial charge < -0.3 is 14.4 Å². The summed E-state index contributed by atoms with van der Waals surface area (Å²) >= 11 is 0. The molecule has 1 heterocycles. The van der Waals surface area contributed by atoms with Gasteiger partial charge in [0.05, 0.1) is 19.3 Å². The van der Waals surface area contributed by atoms with Crippen LogP contribution in [0, 0.1) is 11.3 Å². The van der Waals surface area contributed by atoms with Crippen LogP contribution in [0.15, 0.2) is 24.3 Å². The van der Waals surface area contributed by atoms with Crippen LogP contribution in [0.5, 0.6) is 5.75 Å². The minimum Gasteiger partial charge on any atom is -0.481 e. The van der Waals surface area contributed by atoms with E-state index in [0.29, 0.717) is 24.8 Å². The molecule has 2 rings (SSSR count). The van der Waals surface area contributed by atoms with Crippen molar-refractivity contribution >= 4 is 5.91 Å². The third kappa shape index (κ3) is 3.77. The quantitative estimate of drug-likeness (QED) is 0.856. The molecular formula is C17H22N2O3. The first-order chi connectivity index (χ1) is 10.5. The molecule has 1 aromatic carbocycles. The van der Waals surface area contributed by atoms with E-state index >= 15 is 0 Å². The van der Waals surface area contributed by atoms with Gasteiger partial charge in [-0.1, -0.05) is 26.0 Å². The molecule has 2 atom stereocenters. The highest BCUT2D eigenvalue weighted by molar-refractivity contribution is 5.81. The lowest BCUT2D eigenvalue weighted by atomic mass is 10.0. The van der Waals surface area contributed by atoms with Crippen LogP contribution in [0.25, 0.3) is 0 Å². The monoisotopic (exact) mass is 302 g/mol. The van der Waals surface area contributed by atoms with Crippen molar-refractivity contribution in [3.8, 4) is 11.8 Å². The van der Waals surface area contributed by atoms with Gasteiger partial charge >= 0.3 is 0 Å². The standard InChI is InChI=1S/C17H22N2O3/c1-12(2)14-5-4-6-16(9-14)22-13(3)17(20)19-7-8-21-11-15(19)10-18/h4-6,9,12-13,15H,7-8,11H2,1-3H3. The predicted molar refractivity (Wildman–Crippen MR) is 82.6 cm³/mol. The molecule has 1 aliphatic heterocycles. The average Bonchev–Trinajstić information content (AvgIpc) is 2.54. The van der Waals surface area contributed by atoms with Crippen molar-refractivity contribution in [2.45, 2.75) is 38.8 Å². The first-order valence-corrected chi connectivity index (χ1v) is 7.57. The van der Waals surface area contributed by atoms with Gasteiger partial charge in [0.2, 0.25) is 0 Å². The van der Waals surface area contributed by atoms with E-state index in [1.165, 1.54) is 5.56 Å².